The molecular weight excluding hydrogens is 271 g/mol. The van der Waals surface area contributed by atoms with Gasteiger partial charge in [0.15, 0.2) is 0 Å². The van der Waals surface area contributed by atoms with Crippen molar-refractivity contribution >= 4 is 29.0 Å². The zero-order valence-corrected chi connectivity index (χ0v) is 11.3. The Labute approximate surface area is 114 Å². The van der Waals surface area contributed by atoms with Crippen LogP contribution in [0.15, 0.2) is 18.2 Å². The van der Waals surface area contributed by atoms with Crippen LogP contribution in [0.4, 0.5) is 15.8 Å². The first kappa shape index (κ1) is 15.4. The Kier molecular flexibility index (Phi) is 6.27. The minimum absolute atomic E-state index is 0.231. The predicted molar refractivity (Wildman–Crippen MR) is 73.9 cm³/mol. The minimum atomic E-state index is -0.916. The number of nitro groups is 1. The number of carbonyl (C=O) groups is 1. The number of nitro benzene ring substituents is 1. The van der Waals surface area contributed by atoms with Crippen LogP contribution in [0.1, 0.15) is 19.8 Å². The Morgan fingerprint density at radius 3 is 2.89 bits per heavy atom. The molecule has 1 rings (SSSR count). The summed E-state index contributed by atoms with van der Waals surface area (Å²) in [6.45, 7) is 2.07. The molecule has 0 saturated carbocycles. The third-order valence-electron chi connectivity index (χ3n) is 2.30. The molecule has 0 aliphatic carbocycles. The molecule has 0 unspecified atom stereocenters. The van der Waals surface area contributed by atoms with E-state index in [4.69, 9.17) is 0 Å². The predicted octanol–water partition coefficient (Wildman–Crippen LogP) is 3.21. The topological polar surface area (TPSA) is 72.2 Å². The van der Waals surface area contributed by atoms with Crippen molar-refractivity contribution in [1.29, 1.82) is 0 Å². The Morgan fingerprint density at radius 1 is 1.53 bits per heavy atom. The van der Waals surface area contributed by atoms with Crippen LogP contribution in [0.2, 0.25) is 0 Å². The van der Waals surface area contributed by atoms with Gasteiger partial charge in [-0.3, -0.25) is 14.9 Å². The fraction of sp³-hybridized carbons (Fsp3) is 0.417. The molecule has 0 saturated heterocycles. The van der Waals surface area contributed by atoms with Gasteiger partial charge >= 0.3 is 5.69 Å². The normalized spacial score (nSPS) is 10.2. The van der Waals surface area contributed by atoms with Crippen molar-refractivity contribution in [2.75, 3.05) is 16.8 Å². The summed E-state index contributed by atoms with van der Waals surface area (Å²) < 4.78 is 13.1. The fourth-order valence-corrected chi connectivity index (χ4v) is 2.23. The van der Waals surface area contributed by atoms with E-state index in [0.29, 0.717) is 0 Å². The Balaban J connectivity index is 2.55. The van der Waals surface area contributed by atoms with Gasteiger partial charge in [-0.05, 0) is 24.3 Å². The molecule has 0 bridgehead atoms. The number of unbranched alkanes of at least 4 members (excludes halogenated alkanes) is 1. The number of benzene rings is 1. The average Bonchev–Trinajstić information content (AvgIpc) is 2.36. The third kappa shape index (κ3) is 5.25. The molecule has 1 amide bonds. The Hall–Kier alpha value is -1.63. The minimum Gasteiger partial charge on any atom is -0.325 e. The lowest BCUT2D eigenvalue weighted by molar-refractivity contribution is -0.387. The highest BCUT2D eigenvalue weighted by atomic mass is 32.2. The zero-order valence-electron chi connectivity index (χ0n) is 10.5. The maximum Gasteiger partial charge on any atom is 0.306 e. The lowest BCUT2D eigenvalue weighted by Crippen LogP contribution is -2.14. The van der Waals surface area contributed by atoms with Gasteiger partial charge in [0.2, 0.25) is 11.7 Å². The van der Waals surface area contributed by atoms with E-state index < -0.39 is 16.4 Å². The summed E-state index contributed by atoms with van der Waals surface area (Å²) in [6, 6.07) is 3.29. The Morgan fingerprint density at radius 2 is 2.26 bits per heavy atom. The van der Waals surface area contributed by atoms with Gasteiger partial charge in [-0.2, -0.15) is 16.2 Å². The molecule has 7 heteroatoms. The quantitative estimate of drug-likeness (QED) is 0.474. The van der Waals surface area contributed by atoms with Crippen LogP contribution in [0.3, 0.4) is 0 Å². The van der Waals surface area contributed by atoms with E-state index in [1.807, 2.05) is 0 Å². The first-order valence-electron chi connectivity index (χ1n) is 5.86. The highest BCUT2D eigenvalue weighted by Gasteiger charge is 2.15. The van der Waals surface area contributed by atoms with Crippen molar-refractivity contribution in [2.45, 2.75) is 19.8 Å². The van der Waals surface area contributed by atoms with Crippen LogP contribution in [-0.4, -0.2) is 22.3 Å². The molecule has 1 aromatic carbocycles. The number of rotatable bonds is 7. The lowest BCUT2D eigenvalue weighted by Gasteiger charge is -2.05. The smallest absolute Gasteiger partial charge is 0.306 e. The molecule has 0 fully saturated rings. The zero-order chi connectivity index (χ0) is 14.3. The number of nitrogens with one attached hydrogen (secondary N) is 1. The van der Waals surface area contributed by atoms with Gasteiger partial charge in [0.25, 0.3) is 0 Å². The monoisotopic (exact) mass is 286 g/mol. The van der Waals surface area contributed by atoms with E-state index in [9.17, 15) is 19.3 Å². The number of hydrogen-bond donors (Lipinski definition) is 1. The van der Waals surface area contributed by atoms with Gasteiger partial charge in [0.05, 0.1) is 10.7 Å². The summed E-state index contributed by atoms with van der Waals surface area (Å²) in [4.78, 5) is 21.3. The number of carbonyl (C=O) groups excluding carboxylic acids is 1. The summed E-state index contributed by atoms with van der Waals surface area (Å²) in [6.07, 6.45) is 2.11. The Bertz CT molecular complexity index is 468. The molecule has 104 valence electrons. The third-order valence-corrected chi connectivity index (χ3v) is 3.35. The number of hydrogen-bond acceptors (Lipinski definition) is 4. The van der Waals surface area contributed by atoms with Crippen molar-refractivity contribution in [3.8, 4) is 0 Å². The van der Waals surface area contributed by atoms with E-state index in [0.717, 1.165) is 30.7 Å². The molecule has 19 heavy (non-hydrogen) atoms. The van der Waals surface area contributed by atoms with Crippen LogP contribution < -0.4 is 5.32 Å². The highest BCUT2D eigenvalue weighted by molar-refractivity contribution is 7.99. The second-order valence-corrected chi connectivity index (χ2v) is 4.98. The molecule has 1 aromatic rings. The molecule has 0 aliphatic rings. The second kappa shape index (κ2) is 7.73. The number of amides is 1. The second-order valence-electron chi connectivity index (χ2n) is 3.88. The fourth-order valence-electron chi connectivity index (χ4n) is 1.34. The molecule has 0 aliphatic heterocycles. The largest absolute Gasteiger partial charge is 0.325 e. The van der Waals surface area contributed by atoms with Crippen LogP contribution in [-0.2, 0) is 4.79 Å². The molecule has 5 nitrogen and oxygen atoms in total. The number of anilines is 1. The summed E-state index contributed by atoms with van der Waals surface area (Å²) in [5.74, 6) is 0.0147. The number of thioether (sulfide) groups is 1. The van der Waals surface area contributed by atoms with Crippen molar-refractivity contribution in [1.82, 2.24) is 0 Å². The summed E-state index contributed by atoms with van der Waals surface area (Å²) in [5, 5.41) is 13.1. The van der Waals surface area contributed by atoms with E-state index >= 15 is 0 Å². The van der Waals surface area contributed by atoms with Gasteiger partial charge in [-0.15, -0.1) is 0 Å². The first-order chi connectivity index (χ1) is 9.04. The maximum atomic E-state index is 13.1. The number of nitrogens with zero attached hydrogens (tertiary/aromatic N) is 1. The van der Waals surface area contributed by atoms with Crippen molar-refractivity contribution in [3.05, 3.63) is 34.1 Å². The van der Waals surface area contributed by atoms with Crippen LogP contribution >= 0.6 is 11.8 Å². The van der Waals surface area contributed by atoms with Gasteiger partial charge in [-0.1, -0.05) is 13.3 Å². The summed E-state index contributed by atoms with van der Waals surface area (Å²) in [5.41, 5.74) is -0.411. The standard InChI is InChI=1S/C12H15FN2O3S/c1-2-3-6-19-8-12(16)14-9-4-5-10(13)11(7-9)15(17)18/h4-5,7H,2-3,6,8H2,1H3,(H,14,16). The van der Waals surface area contributed by atoms with Crippen molar-refractivity contribution in [3.63, 3.8) is 0 Å². The van der Waals surface area contributed by atoms with E-state index in [1.165, 1.54) is 17.8 Å². The van der Waals surface area contributed by atoms with Gasteiger partial charge in [0, 0.05) is 11.8 Å². The number of halogens is 1. The molecule has 0 atom stereocenters. The first-order valence-corrected chi connectivity index (χ1v) is 7.01. The van der Waals surface area contributed by atoms with Gasteiger partial charge < -0.3 is 5.32 Å². The molecule has 0 aromatic heterocycles. The lowest BCUT2D eigenvalue weighted by atomic mass is 10.2. The van der Waals surface area contributed by atoms with Crippen LogP contribution in [0.5, 0.6) is 0 Å². The van der Waals surface area contributed by atoms with Gasteiger partial charge in [0.1, 0.15) is 0 Å². The summed E-state index contributed by atoms with van der Waals surface area (Å²) in [7, 11) is 0. The highest BCUT2D eigenvalue weighted by Crippen LogP contribution is 2.21. The molecule has 0 spiro atoms. The molecule has 0 heterocycles. The SMILES string of the molecule is CCCCSCC(=O)Nc1ccc(F)c([N+](=O)[O-])c1. The van der Waals surface area contributed by atoms with Crippen LogP contribution in [0, 0.1) is 15.9 Å². The van der Waals surface area contributed by atoms with Crippen molar-refractivity contribution < 1.29 is 14.1 Å². The average molecular weight is 286 g/mol. The van der Waals surface area contributed by atoms with E-state index in [-0.39, 0.29) is 17.3 Å². The van der Waals surface area contributed by atoms with Gasteiger partial charge in [-0.25, -0.2) is 0 Å². The molecule has 0 radical (unpaired) electrons. The van der Waals surface area contributed by atoms with Crippen LogP contribution in [0.25, 0.3) is 0 Å². The maximum absolute atomic E-state index is 13.1. The van der Waals surface area contributed by atoms with Crippen molar-refractivity contribution in [2.24, 2.45) is 0 Å². The molecule has 1 N–H and O–H groups in total. The summed E-state index contributed by atoms with van der Waals surface area (Å²) >= 11 is 1.50. The van der Waals surface area contributed by atoms with E-state index in [2.05, 4.69) is 12.2 Å². The van der Waals surface area contributed by atoms with E-state index in [1.54, 1.807) is 0 Å². The molecular formula is C12H15FN2O3S.